The van der Waals surface area contributed by atoms with E-state index in [1.165, 1.54) is 6.92 Å². The Hall–Kier alpha value is -0.750. The van der Waals surface area contributed by atoms with E-state index in [-0.39, 0.29) is 18.6 Å². The summed E-state index contributed by atoms with van der Waals surface area (Å²) in [5, 5.41) is 0. The monoisotopic (exact) mass is 224 g/mol. The lowest BCUT2D eigenvalue weighted by atomic mass is 10.2. The van der Waals surface area contributed by atoms with E-state index in [0.29, 0.717) is 0 Å². The zero-order valence-electron chi connectivity index (χ0n) is 7.69. The predicted octanol–water partition coefficient (Wildman–Crippen LogP) is -0.888. The molecule has 0 unspecified atom stereocenters. The van der Waals surface area contributed by atoms with E-state index in [4.69, 9.17) is 9.79 Å². The van der Waals surface area contributed by atoms with Crippen molar-refractivity contribution < 1.29 is 23.9 Å². The number of carbonyl (C=O) groups excluding carboxylic acids is 2. The molecule has 0 aliphatic carbocycles. The third kappa shape index (κ3) is 9.34. The van der Waals surface area contributed by atoms with Crippen molar-refractivity contribution in [3.8, 4) is 0 Å². The Bertz CT molecular complexity index is 261. The number of Topliss-reactive ketones (excluding diaryl/α,β-unsaturated/α-hetero) is 1. The Balaban J connectivity index is 3.55. The first-order valence-corrected chi connectivity index (χ1v) is 5.67. The van der Waals surface area contributed by atoms with Crippen LogP contribution in [0.3, 0.4) is 0 Å². The third-order valence-corrected chi connectivity index (χ3v) is 1.79. The highest BCUT2D eigenvalue weighted by molar-refractivity contribution is 7.51. The van der Waals surface area contributed by atoms with E-state index in [1.807, 2.05) is 0 Å². The van der Waals surface area contributed by atoms with Crippen LogP contribution < -0.4 is 10.9 Å². The van der Waals surface area contributed by atoms with Gasteiger partial charge in [0.05, 0.1) is 0 Å². The summed E-state index contributed by atoms with van der Waals surface area (Å²) in [7, 11) is -4.15. The molecule has 0 aromatic rings. The number of ketones is 1. The van der Waals surface area contributed by atoms with Crippen molar-refractivity contribution >= 4 is 19.3 Å². The molecule has 0 aromatic heterocycles. The zero-order chi connectivity index (χ0) is 11.2. The number of hydrogen-bond donors (Lipinski definition) is 4. The number of carbonyl (C=O) groups is 2. The number of hydrogen-bond acceptors (Lipinski definition) is 4. The van der Waals surface area contributed by atoms with Crippen LogP contribution >= 0.6 is 7.60 Å². The van der Waals surface area contributed by atoms with E-state index in [9.17, 15) is 14.2 Å². The summed E-state index contributed by atoms with van der Waals surface area (Å²) < 4.78 is 10.3. The quantitative estimate of drug-likeness (QED) is 0.343. The Kier molecular flexibility index (Phi) is 5.56. The molecule has 0 radical (unpaired) electrons. The fraction of sp³-hybridized carbons (Fsp3) is 0.667. The second-order valence-electron chi connectivity index (χ2n) is 2.75. The molecule has 0 atom stereocenters. The van der Waals surface area contributed by atoms with Crippen molar-refractivity contribution in [1.82, 2.24) is 10.9 Å². The maximum atomic E-state index is 10.9. The standard InChI is InChI=1S/C6H13N2O5P/c1-5(9)2-3-6(10)8-7-4-14(11,12)13/h7H,2-4H2,1H3,(H,8,10)(H2,11,12,13). The highest BCUT2D eigenvalue weighted by atomic mass is 31.2. The van der Waals surface area contributed by atoms with Gasteiger partial charge in [-0.05, 0) is 6.92 Å². The largest absolute Gasteiger partial charge is 0.341 e. The smallest absolute Gasteiger partial charge is 0.323 e. The lowest BCUT2D eigenvalue weighted by Crippen LogP contribution is -2.37. The molecule has 8 heteroatoms. The van der Waals surface area contributed by atoms with E-state index in [1.54, 1.807) is 0 Å². The molecule has 82 valence electrons. The van der Waals surface area contributed by atoms with Crippen molar-refractivity contribution in [2.45, 2.75) is 19.8 Å². The lowest BCUT2D eigenvalue weighted by molar-refractivity contribution is -0.125. The number of hydrazine groups is 1. The maximum absolute atomic E-state index is 10.9. The lowest BCUT2D eigenvalue weighted by Gasteiger charge is -2.07. The molecule has 0 saturated carbocycles. The molecule has 0 aliphatic rings. The molecule has 4 N–H and O–H groups in total. The molecule has 0 heterocycles. The topological polar surface area (TPSA) is 116 Å². The molecule has 14 heavy (non-hydrogen) atoms. The first-order chi connectivity index (χ1) is 6.31. The zero-order valence-corrected chi connectivity index (χ0v) is 8.58. The molecule has 0 aromatic carbocycles. The minimum atomic E-state index is -4.15. The van der Waals surface area contributed by atoms with Gasteiger partial charge in [0.2, 0.25) is 5.91 Å². The number of rotatable bonds is 6. The second kappa shape index (κ2) is 5.87. The fourth-order valence-corrected chi connectivity index (χ4v) is 0.878. The van der Waals surface area contributed by atoms with E-state index < -0.39 is 19.8 Å². The van der Waals surface area contributed by atoms with Crippen molar-refractivity contribution in [3.05, 3.63) is 0 Å². The van der Waals surface area contributed by atoms with Crippen molar-refractivity contribution in [1.29, 1.82) is 0 Å². The number of nitrogens with one attached hydrogen (secondary N) is 2. The van der Waals surface area contributed by atoms with Crippen LogP contribution in [0.15, 0.2) is 0 Å². The Morgan fingerprint density at radius 2 is 1.86 bits per heavy atom. The summed E-state index contributed by atoms with van der Waals surface area (Å²) in [5.41, 5.74) is 4.14. The van der Waals surface area contributed by atoms with Gasteiger partial charge in [-0.1, -0.05) is 0 Å². The Morgan fingerprint density at radius 1 is 1.29 bits per heavy atom. The summed E-state index contributed by atoms with van der Waals surface area (Å²) in [6.45, 7) is 1.36. The van der Waals surface area contributed by atoms with Crippen LogP contribution in [0.5, 0.6) is 0 Å². The molecular weight excluding hydrogens is 211 g/mol. The van der Waals surface area contributed by atoms with Gasteiger partial charge in [-0.2, -0.15) is 0 Å². The van der Waals surface area contributed by atoms with E-state index in [0.717, 1.165) is 0 Å². The van der Waals surface area contributed by atoms with E-state index >= 15 is 0 Å². The van der Waals surface area contributed by atoms with Crippen LogP contribution in [0.1, 0.15) is 19.8 Å². The first kappa shape index (κ1) is 13.2. The van der Waals surface area contributed by atoms with Gasteiger partial charge in [-0.3, -0.25) is 14.8 Å². The highest BCUT2D eigenvalue weighted by Gasteiger charge is 2.12. The molecule has 0 aliphatic heterocycles. The summed E-state index contributed by atoms with van der Waals surface area (Å²) >= 11 is 0. The average Bonchev–Trinajstić information content (AvgIpc) is 1.98. The second-order valence-corrected chi connectivity index (χ2v) is 4.40. The predicted molar refractivity (Wildman–Crippen MR) is 48.1 cm³/mol. The minimum Gasteiger partial charge on any atom is -0.323 e. The number of amides is 1. The third-order valence-electron chi connectivity index (χ3n) is 1.22. The first-order valence-electron chi connectivity index (χ1n) is 3.87. The normalized spacial score (nSPS) is 11.1. The minimum absolute atomic E-state index is 0.00346. The SMILES string of the molecule is CC(=O)CCC(=O)NNCP(=O)(O)O. The van der Waals surface area contributed by atoms with Gasteiger partial charge in [0.25, 0.3) is 0 Å². The van der Waals surface area contributed by atoms with Crippen LogP contribution in [0.2, 0.25) is 0 Å². The molecule has 0 bridgehead atoms. The molecule has 0 saturated heterocycles. The highest BCUT2D eigenvalue weighted by Crippen LogP contribution is 2.31. The van der Waals surface area contributed by atoms with Crippen molar-refractivity contribution in [2.24, 2.45) is 0 Å². The van der Waals surface area contributed by atoms with Crippen molar-refractivity contribution in [2.75, 3.05) is 6.29 Å². The molecule has 0 rings (SSSR count). The van der Waals surface area contributed by atoms with Crippen LogP contribution in [0.4, 0.5) is 0 Å². The summed E-state index contributed by atoms with van der Waals surface area (Å²) in [6, 6.07) is 0. The van der Waals surface area contributed by atoms with E-state index in [2.05, 4.69) is 10.9 Å². The Labute approximate surface area is 81.0 Å². The van der Waals surface area contributed by atoms with Crippen LogP contribution in [0.25, 0.3) is 0 Å². The van der Waals surface area contributed by atoms with Gasteiger partial charge < -0.3 is 14.6 Å². The molecular formula is C6H13N2O5P. The van der Waals surface area contributed by atoms with Gasteiger partial charge >= 0.3 is 7.60 Å². The van der Waals surface area contributed by atoms with Gasteiger partial charge in [0.1, 0.15) is 12.1 Å². The van der Waals surface area contributed by atoms with Gasteiger partial charge in [0.15, 0.2) is 0 Å². The summed E-state index contributed by atoms with van der Waals surface area (Å²) in [6.07, 6.45) is -0.508. The summed E-state index contributed by atoms with van der Waals surface area (Å²) in [5.74, 6) is -0.594. The van der Waals surface area contributed by atoms with Gasteiger partial charge in [-0.25, -0.2) is 5.43 Å². The maximum Gasteiger partial charge on any atom is 0.341 e. The fourth-order valence-electron chi connectivity index (χ4n) is 0.593. The van der Waals surface area contributed by atoms with Crippen LogP contribution in [-0.4, -0.2) is 27.8 Å². The van der Waals surface area contributed by atoms with Gasteiger partial charge in [-0.15, -0.1) is 0 Å². The van der Waals surface area contributed by atoms with Crippen LogP contribution in [0, 0.1) is 0 Å². The molecule has 7 nitrogen and oxygen atoms in total. The van der Waals surface area contributed by atoms with Crippen molar-refractivity contribution in [3.63, 3.8) is 0 Å². The molecule has 0 fully saturated rings. The summed E-state index contributed by atoms with van der Waals surface area (Å²) in [4.78, 5) is 38.1. The molecule has 0 spiro atoms. The van der Waals surface area contributed by atoms with Gasteiger partial charge in [0, 0.05) is 12.8 Å². The molecule has 1 amide bonds. The average molecular weight is 224 g/mol. The van der Waals surface area contributed by atoms with Crippen LogP contribution in [-0.2, 0) is 14.2 Å². The Morgan fingerprint density at radius 3 is 2.29 bits per heavy atom.